The molecular formula is C16H22ClFN2O3. The van der Waals surface area contributed by atoms with Crippen molar-refractivity contribution in [2.24, 2.45) is 0 Å². The molecule has 1 aromatic rings. The molecule has 1 fully saturated rings. The van der Waals surface area contributed by atoms with Crippen LogP contribution in [0.2, 0.25) is 5.02 Å². The van der Waals surface area contributed by atoms with E-state index in [4.69, 9.17) is 16.3 Å². The van der Waals surface area contributed by atoms with Crippen molar-refractivity contribution < 1.29 is 19.0 Å². The molecule has 1 heterocycles. The summed E-state index contributed by atoms with van der Waals surface area (Å²) < 4.78 is 19.1. The van der Waals surface area contributed by atoms with Gasteiger partial charge in [-0.15, -0.1) is 0 Å². The normalized spacial score (nSPS) is 18.3. The Balaban J connectivity index is 1.97. The smallest absolute Gasteiger partial charge is 0.317 e. The standard InChI is InChI=1S/C16H22ClFN2O3/c1-11(14-12(17)4-3-5-13(14)18)19-15(21)20(2)10-16(22)6-8-23-9-7-16/h3-5,11,22H,6-10H2,1-2H3,(H,19,21)/t11-/m1/s1. The molecule has 7 heteroatoms. The lowest BCUT2D eigenvalue weighted by Gasteiger charge is -2.35. The number of amides is 2. The summed E-state index contributed by atoms with van der Waals surface area (Å²) in [6.07, 6.45) is 0.971. The van der Waals surface area contributed by atoms with Gasteiger partial charge in [-0.25, -0.2) is 9.18 Å². The van der Waals surface area contributed by atoms with Gasteiger partial charge in [-0.2, -0.15) is 0 Å². The molecular weight excluding hydrogens is 323 g/mol. The predicted octanol–water partition coefficient (Wildman–Crippen LogP) is 2.72. The molecule has 0 bridgehead atoms. The molecule has 0 unspecified atom stereocenters. The molecule has 2 rings (SSSR count). The topological polar surface area (TPSA) is 61.8 Å². The minimum atomic E-state index is -0.941. The summed E-state index contributed by atoms with van der Waals surface area (Å²) in [5.74, 6) is -0.462. The summed E-state index contributed by atoms with van der Waals surface area (Å²) in [6, 6.07) is 3.43. The van der Waals surface area contributed by atoms with E-state index in [1.54, 1.807) is 20.0 Å². The highest BCUT2D eigenvalue weighted by atomic mass is 35.5. The number of benzene rings is 1. The number of hydrogen-bond donors (Lipinski definition) is 2. The fourth-order valence-electron chi connectivity index (χ4n) is 2.71. The summed E-state index contributed by atoms with van der Waals surface area (Å²) in [6.45, 7) is 2.82. The van der Waals surface area contributed by atoms with Crippen LogP contribution < -0.4 is 5.32 Å². The van der Waals surface area contributed by atoms with Gasteiger partial charge < -0.3 is 20.1 Å². The third-order valence-electron chi connectivity index (χ3n) is 4.07. The molecule has 0 spiro atoms. The second kappa shape index (κ2) is 7.47. The van der Waals surface area contributed by atoms with Crippen molar-refractivity contribution in [3.63, 3.8) is 0 Å². The number of carbonyl (C=O) groups is 1. The molecule has 0 aromatic heterocycles. The van der Waals surface area contributed by atoms with Gasteiger partial charge in [0.25, 0.3) is 0 Å². The SMILES string of the molecule is C[C@@H](NC(=O)N(C)CC1(O)CCOCC1)c1c(F)cccc1Cl. The number of carbonyl (C=O) groups excluding carboxylic acids is 1. The van der Waals surface area contributed by atoms with Crippen molar-refractivity contribution in [2.75, 3.05) is 26.8 Å². The number of ether oxygens (including phenoxy) is 1. The zero-order valence-electron chi connectivity index (χ0n) is 13.3. The fraction of sp³-hybridized carbons (Fsp3) is 0.562. The predicted molar refractivity (Wildman–Crippen MR) is 86.0 cm³/mol. The first-order chi connectivity index (χ1) is 10.8. The van der Waals surface area contributed by atoms with E-state index in [0.29, 0.717) is 26.1 Å². The molecule has 128 valence electrons. The monoisotopic (exact) mass is 344 g/mol. The molecule has 1 aromatic carbocycles. The lowest BCUT2D eigenvalue weighted by Crippen LogP contribution is -2.50. The van der Waals surface area contributed by atoms with Gasteiger partial charge in [-0.1, -0.05) is 17.7 Å². The Bertz CT molecular complexity index is 544. The lowest BCUT2D eigenvalue weighted by molar-refractivity contribution is -0.0723. The van der Waals surface area contributed by atoms with E-state index in [9.17, 15) is 14.3 Å². The Morgan fingerprint density at radius 2 is 2.17 bits per heavy atom. The molecule has 0 radical (unpaired) electrons. The molecule has 1 atom stereocenters. The van der Waals surface area contributed by atoms with Crippen molar-refractivity contribution >= 4 is 17.6 Å². The van der Waals surface area contributed by atoms with Crippen LogP contribution in [0.4, 0.5) is 9.18 Å². The van der Waals surface area contributed by atoms with Gasteiger partial charge in [0.2, 0.25) is 0 Å². The lowest BCUT2D eigenvalue weighted by atomic mass is 9.94. The van der Waals surface area contributed by atoms with Crippen LogP contribution in [0, 0.1) is 5.82 Å². The van der Waals surface area contributed by atoms with Crippen LogP contribution in [-0.4, -0.2) is 48.4 Å². The second-order valence-electron chi connectivity index (χ2n) is 6.00. The maximum Gasteiger partial charge on any atom is 0.317 e. The van der Waals surface area contributed by atoms with E-state index in [2.05, 4.69) is 5.32 Å². The number of nitrogens with one attached hydrogen (secondary N) is 1. The van der Waals surface area contributed by atoms with E-state index in [1.165, 1.54) is 17.0 Å². The van der Waals surface area contributed by atoms with E-state index >= 15 is 0 Å². The van der Waals surface area contributed by atoms with Crippen molar-refractivity contribution in [1.29, 1.82) is 0 Å². The summed E-state index contributed by atoms with van der Waals surface area (Å²) in [5.41, 5.74) is -0.691. The number of aliphatic hydroxyl groups is 1. The van der Waals surface area contributed by atoms with Gasteiger partial charge in [-0.3, -0.25) is 0 Å². The molecule has 5 nitrogen and oxygen atoms in total. The van der Waals surface area contributed by atoms with Crippen molar-refractivity contribution in [2.45, 2.75) is 31.4 Å². The summed E-state index contributed by atoms with van der Waals surface area (Å²) in [7, 11) is 1.60. The maximum absolute atomic E-state index is 13.9. The Morgan fingerprint density at radius 1 is 1.52 bits per heavy atom. The molecule has 0 aliphatic carbocycles. The second-order valence-corrected chi connectivity index (χ2v) is 6.41. The number of nitrogens with zero attached hydrogens (tertiary/aromatic N) is 1. The van der Waals surface area contributed by atoms with Crippen LogP contribution in [0.5, 0.6) is 0 Å². The highest BCUT2D eigenvalue weighted by Gasteiger charge is 2.32. The average molecular weight is 345 g/mol. The van der Waals surface area contributed by atoms with Gasteiger partial charge in [0, 0.05) is 43.7 Å². The number of halogens is 2. The van der Waals surface area contributed by atoms with Gasteiger partial charge in [0.05, 0.1) is 18.2 Å². The molecule has 1 aliphatic heterocycles. The largest absolute Gasteiger partial charge is 0.388 e. The van der Waals surface area contributed by atoms with Gasteiger partial charge in [0.1, 0.15) is 5.82 Å². The van der Waals surface area contributed by atoms with Gasteiger partial charge in [0.15, 0.2) is 0 Å². The van der Waals surface area contributed by atoms with Gasteiger partial charge in [-0.05, 0) is 19.1 Å². The van der Waals surface area contributed by atoms with E-state index in [0.717, 1.165) is 0 Å². The summed E-state index contributed by atoms with van der Waals surface area (Å²) in [4.78, 5) is 13.7. The fourth-order valence-corrected chi connectivity index (χ4v) is 3.04. The zero-order chi connectivity index (χ0) is 17.0. The van der Waals surface area contributed by atoms with Crippen LogP contribution in [0.1, 0.15) is 31.4 Å². The first-order valence-electron chi connectivity index (χ1n) is 7.58. The molecule has 23 heavy (non-hydrogen) atoms. The van der Waals surface area contributed by atoms with E-state index in [1.807, 2.05) is 0 Å². The Hall–Kier alpha value is -1.37. The third-order valence-corrected chi connectivity index (χ3v) is 4.40. The van der Waals surface area contributed by atoms with Crippen LogP contribution in [0.15, 0.2) is 18.2 Å². The number of hydrogen-bond acceptors (Lipinski definition) is 3. The first-order valence-corrected chi connectivity index (χ1v) is 7.96. The average Bonchev–Trinajstić information content (AvgIpc) is 2.47. The van der Waals surface area contributed by atoms with Gasteiger partial charge >= 0.3 is 6.03 Å². The number of rotatable bonds is 4. The zero-order valence-corrected chi connectivity index (χ0v) is 14.1. The summed E-state index contributed by atoms with van der Waals surface area (Å²) in [5, 5.41) is 13.4. The molecule has 2 N–H and O–H groups in total. The van der Waals surface area contributed by atoms with Crippen molar-refractivity contribution in [3.05, 3.63) is 34.6 Å². The quantitative estimate of drug-likeness (QED) is 0.882. The Labute approximate surface area is 140 Å². The first kappa shape index (κ1) is 18.0. The Kier molecular flexibility index (Phi) is 5.84. The number of likely N-dealkylation sites (N-methyl/N-ethyl adjacent to an activating group) is 1. The highest BCUT2D eigenvalue weighted by molar-refractivity contribution is 6.31. The minimum absolute atomic E-state index is 0.194. The van der Waals surface area contributed by atoms with Crippen molar-refractivity contribution in [1.82, 2.24) is 10.2 Å². The molecule has 1 aliphatic rings. The van der Waals surface area contributed by atoms with Crippen LogP contribution in [0.3, 0.4) is 0 Å². The van der Waals surface area contributed by atoms with E-state index < -0.39 is 23.5 Å². The van der Waals surface area contributed by atoms with Crippen LogP contribution in [-0.2, 0) is 4.74 Å². The Morgan fingerprint density at radius 3 is 2.78 bits per heavy atom. The van der Waals surface area contributed by atoms with E-state index in [-0.39, 0.29) is 17.1 Å². The third kappa shape index (κ3) is 4.56. The van der Waals surface area contributed by atoms with Crippen LogP contribution >= 0.6 is 11.6 Å². The highest BCUT2D eigenvalue weighted by Crippen LogP contribution is 2.26. The van der Waals surface area contributed by atoms with Crippen molar-refractivity contribution in [3.8, 4) is 0 Å². The number of urea groups is 1. The maximum atomic E-state index is 13.9. The molecule has 2 amide bonds. The minimum Gasteiger partial charge on any atom is -0.388 e. The van der Waals surface area contributed by atoms with Crippen LogP contribution in [0.25, 0.3) is 0 Å². The molecule has 1 saturated heterocycles. The molecule has 0 saturated carbocycles. The summed E-state index contributed by atoms with van der Waals surface area (Å²) >= 11 is 6.01.